The zero-order valence-corrected chi connectivity index (χ0v) is 77.4. The van der Waals surface area contributed by atoms with Crippen LogP contribution in [0.3, 0.4) is 0 Å². The van der Waals surface area contributed by atoms with Gasteiger partial charge in [-0.1, -0.05) is 60.1 Å². The van der Waals surface area contributed by atoms with Crippen molar-refractivity contribution in [3.8, 4) is 141 Å². The Morgan fingerprint density at radius 1 is 0.407 bits per heavy atom. The van der Waals surface area contributed by atoms with Gasteiger partial charge in [0.2, 0.25) is 17.6 Å². The Morgan fingerprint density at radius 2 is 0.871 bits per heavy atom. The van der Waals surface area contributed by atoms with Gasteiger partial charge in [0, 0.05) is 116 Å². The lowest BCUT2D eigenvalue weighted by Crippen LogP contribution is -2.35. The fraction of sp³-hybridized carbons (Fsp3) is 0.0741. The summed E-state index contributed by atoms with van der Waals surface area (Å²) >= 11 is 9.00. The lowest BCUT2D eigenvalue weighted by molar-refractivity contribution is -0.121. The molecule has 24 nitrogen and oxygen atoms in total. The van der Waals surface area contributed by atoms with Gasteiger partial charge >= 0.3 is 0 Å². The average Bonchev–Trinajstić information content (AvgIpc) is 1.10. The predicted octanol–water partition coefficient (Wildman–Crippen LogP) is 23.6. The number of pyridine rings is 8. The van der Waals surface area contributed by atoms with Crippen molar-refractivity contribution in [2.75, 3.05) is 48.1 Å². The highest BCUT2D eigenvalue weighted by Gasteiger charge is 2.30. The maximum absolute atomic E-state index is 13.8. The van der Waals surface area contributed by atoms with Gasteiger partial charge in [0.05, 0.1) is 82.2 Å². The molecule has 14 heterocycles. The van der Waals surface area contributed by atoms with E-state index >= 15 is 0 Å². The first-order valence-electron chi connectivity index (χ1n) is 43.6. The molecule has 0 saturated carbocycles. The number of anilines is 4. The number of aryl methyl sites for hydroxylation is 4. The summed E-state index contributed by atoms with van der Waals surface area (Å²) in [6, 6.07) is 74.7. The van der Waals surface area contributed by atoms with E-state index < -0.39 is 5.82 Å². The molecule has 140 heavy (non-hydrogen) atoms. The number of thiazole rings is 2. The molecule has 0 unspecified atom stereocenters. The van der Waals surface area contributed by atoms with E-state index in [9.17, 15) is 36.3 Å². The van der Waals surface area contributed by atoms with Crippen LogP contribution in [0.15, 0.2) is 302 Å². The van der Waals surface area contributed by atoms with E-state index in [0.717, 1.165) is 132 Å². The molecule has 0 spiro atoms. The molecule has 0 saturated heterocycles. The van der Waals surface area contributed by atoms with Crippen molar-refractivity contribution >= 4 is 123 Å². The van der Waals surface area contributed by atoms with Crippen molar-refractivity contribution in [1.29, 1.82) is 0 Å². The van der Waals surface area contributed by atoms with E-state index in [1.54, 1.807) is 153 Å². The number of nitrogens with one attached hydrogen (secondary N) is 2. The number of carbonyl (C=O) groups is 3. The number of imidazole rings is 1. The van der Waals surface area contributed by atoms with Gasteiger partial charge in [-0.05, 0) is 272 Å². The van der Waals surface area contributed by atoms with Crippen LogP contribution in [0.2, 0.25) is 5.02 Å². The highest BCUT2D eigenvalue weighted by molar-refractivity contribution is 7.17. The molecular formula is C108H78ClF5N18O6S2. The van der Waals surface area contributed by atoms with Crippen LogP contribution in [0, 0.1) is 56.8 Å². The highest BCUT2D eigenvalue weighted by atomic mass is 35.5. The van der Waals surface area contributed by atoms with Gasteiger partial charge in [0.1, 0.15) is 52.0 Å². The number of aromatic nitrogens is 11. The number of amides is 3. The van der Waals surface area contributed by atoms with Gasteiger partial charge in [-0.3, -0.25) is 33.7 Å². The van der Waals surface area contributed by atoms with Crippen LogP contribution >= 0.6 is 34.3 Å². The first-order valence-corrected chi connectivity index (χ1v) is 45.7. The number of nitrogens with zero attached hydrogens (tertiary/aromatic N) is 13. The van der Waals surface area contributed by atoms with E-state index in [2.05, 4.69) is 72.6 Å². The minimum absolute atomic E-state index is 0.0466. The molecule has 11 aromatic heterocycles. The molecule has 0 fully saturated rings. The topological polar surface area (TPSA) is 330 Å². The smallest absolute Gasteiger partial charge is 0.264 e. The summed E-state index contributed by atoms with van der Waals surface area (Å²) in [4.78, 5) is 85.9. The molecule has 3 aliphatic heterocycles. The Morgan fingerprint density at radius 3 is 1.39 bits per heavy atom. The van der Waals surface area contributed by atoms with Gasteiger partial charge in [-0.25, -0.2) is 56.8 Å². The molecule has 8 N–H and O–H groups in total. The van der Waals surface area contributed by atoms with Gasteiger partial charge in [-0.2, -0.15) is 4.99 Å². The predicted molar refractivity (Wildman–Crippen MR) is 540 cm³/mol. The number of ether oxygens (including phenoxy) is 3. The van der Waals surface area contributed by atoms with Gasteiger partial charge in [0.25, 0.3) is 17.7 Å². The van der Waals surface area contributed by atoms with E-state index in [1.165, 1.54) is 30.3 Å². The maximum Gasteiger partial charge on any atom is 0.264 e. The summed E-state index contributed by atoms with van der Waals surface area (Å²) < 4.78 is 89.3. The van der Waals surface area contributed by atoms with E-state index in [0.29, 0.717) is 96.8 Å². The first kappa shape index (κ1) is 91.7. The summed E-state index contributed by atoms with van der Waals surface area (Å²) in [5.41, 5.74) is 45.8. The van der Waals surface area contributed by atoms with Crippen molar-refractivity contribution in [1.82, 2.24) is 54.2 Å². The summed E-state index contributed by atoms with van der Waals surface area (Å²) in [6.45, 7) is 6.72. The minimum Gasteiger partial charge on any atom is -0.466 e. The number of nitrogen functional groups attached to an aromatic ring is 1. The fourth-order valence-electron chi connectivity index (χ4n) is 16.2. The molecule has 690 valence electrons. The maximum atomic E-state index is 13.8. The van der Waals surface area contributed by atoms with Crippen LogP contribution < -0.4 is 46.9 Å². The number of nitrogens with two attached hydrogens (primary N) is 3. The van der Waals surface area contributed by atoms with Gasteiger partial charge in [-0.15, -0.1) is 22.7 Å². The number of halogens is 6. The SMILES string of the molecule is Cc1cc(-c2nc3c(cc2-c2ccc4ncccc4c2)NC(=O)CO3)ccc1F.Cc1cc(-c2nc3c(cc2-c2ccc4ncsc4c2)N(C)C(=O)CO3)ccc1F.Cc1cc(-c2nc3c(cc2-c2ccc4ncsc4c2)NC(=O)CO3)ccc1F.Cc1cc(-c2ncccc2-c2ccn3c(-c4cccc(N)c4)ncc3c2)ccc1F.NC(N)=Nc1ccc(-c2cccnc2-c2ccc(F)c(Cl)c2)cn1. The molecule has 0 bridgehead atoms. The average molecular weight is 1920 g/mol. The van der Waals surface area contributed by atoms with Crippen molar-refractivity contribution in [2.24, 2.45) is 16.5 Å². The summed E-state index contributed by atoms with van der Waals surface area (Å²) in [5, 5.41) is 6.65. The Kier molecular flexibility index (Phi) is 25.9. The summed E-state index contributed by atoms with van der Waals surface area (Å²) in [6.07, 6.45) is 10.7. The van der Waals surface area contributed by atoms with Crippen molar-refractivity contribution in [2.45, 2.75) is 27.7 Å². The molecule has 3 aliphatic rings. The van der Waals surface area contributed by atoms with Crippen molar-refractivity contribution < 1.29 is 50.5 Å². The van der Waals surface area contributed by atoms with Gasteiger partial charge < -0.3 is 46.9 Å². The molecule has 9 aromatic carbocycles. The van der Waals surface area contributed by atoms with Crippen LogP contribution in [0.5, 0.6) is 17.6 Å². The molecule has 20 aromatic rings. The third-order valence-corrected chi connectivity index (χ3v) is 25.1. The molecule has 0 radical (unpaired) electrons. The lowest BCUT2D eigenvalue weighted by atomic mass is 9.96. The molecule has 32 heteroatoms. The third kappa shape index (κ3) is 19.6. The molecule has 23 rings (SSSR count). The number of likely N-dealkylation sites (N-methyl/N-ethyl adjacent to an activating group) is 1. The summed E-state index contributed by atoms with van der Waals surface area (Å²) in [7, 11) is 1.71. The fourth-order valence-corrected chi connectivity index (χ4v) is 17.8. The Bertz CT molecular complexity index is 8350. The molecule has 3 amide bonds. The number of rotatable bonds is 12. The molecule has 0 aliphatic carbocycles. The Labute approximate surface area is 809 Å². The molecular weight excluding hydrogens is 1840 g/mol. The number of guanidine groups is 1. The van der Waals surface area contributed by atoms with Gasteiger partial charge in [0.15, 0.2) is 31.6 Å². The number of fused-ring (bicyclic) bond motifs is 7. The van der Waals surface area contributed by atoms with Crippen LogP contribution in [0.25, 0.3) is 160 Å². The second-order valence-electron chi connectivity index (χ2n) is 32.7. The molecule has 0 atom stereocenters. The number of hydrogen-bond acceptors (Lipinski definition) is 20. The monoisotopic (exact) mass is 1920 g/mol. The van der Waals surface area contributed by atoms with Crippen molar-refractivity contribution in [3.63, 3.8) is 0 Å². The normalized spacial score (nSPS) is 12.3. The zero-order valence-electron chi connectivity index (χ0n) is 75.0. The van der Waals surface area contributed by atoms with E-state index in [-0.39, 0.29) is 71.8 Å². The van der Waals surface area contributed by atoms with E-state index in [4.69, 9.17) is 48.0 Å². The van der Waals surface area contributed by atoms with Crippen LogP contribution in [-0.4, -0.2) is 105 Å². The number of benzene rings is 9. The van der Waals surface area contributed by atoms with E-state index in [1.807, 2.05) is 168 Å². The first-order chi connectivity index (χ1) is 67.8. The van der Waals surface area contributed by atoms with Crippen molar-refractivity contribution in [3.05, 3.63) is 353 Å². The summed E-state index contributed by atoms with van der Waals surface area (Å²) in [5.74, 6) is 0.241. The standard InChI is InChI=1S/C25H19FN4.C23H16FN3O2.C22H16FN3O2S.C21H14FN3O2S.C17H13ClFN5/c1-16-12-18(7-8-23(16)26)24-22(6-3-10-28-24)17-9-11-30-21(14-17)15-29-25(30)19-4-2-5-20(27)13-19;1-13-9-16(4-6-18(13)24)22-17(11-20-23(27-22)29-12-21(28)26-20)14-5-7-19-15(10-14)3-2-8-25-19;1-12-7-14(3-5-16(12)23)21-15(13-4-6-17-19(8-13)29-11-24-17)9-18-22(25-21)28-10-20(27)26(18)2;1-11-6-13(2-4-15(11)22)20-14(8-17-21(25-20)27-9-19(26)24-17)12-3-5-16-18(7-12)28-10-23-16;18-13-8-10(3-5-14(13)19)16-12(2-1-7-22-16)11-4-6-15(23-9-11)24-17(20)21/h2-15H,27H2,1H3;2-11H,12H2,1H3,(H,26,28);3-9,11H,10H2,1-2H3;2-8,10H,9H2,1H3,(H,24,26);1-9H,(H4,20,21,23,24). The quantitative estimate of drug-likeness (QED) is 0.0328. The van der Waals surface area contributed by atoms with Crippen LogP contribution in [-0.2, 0) is 14.4 Å². The Balaban J connectivity index is 0.000000112. The third-order valence-electron chi connectivity index (χ3n) is 23.3. The second-order valence-corrected chi connectivity index (χ2v) is 34.9. The zero-order chi connectivity index (χ0) is 97.1. The second kappa shape index (κ2) is 39.5. The van der Waals surface area contributed by atoms with Crippen LogP contribution in [0.1, 0.15) is 22.3 Å². The number of hydrogen-bond donors (Lipinski definition) is 5. The minimum atomic E-state index is -0.471. The number of carbonyl (C=O) groups excluding carboxylic acids is 3. The van der Waals surface area contributed by atoms with Crippen LogP contribution in [0.4, 0.5) is 50.5 Å². The Hall–Kier alpha value is -17.4. The number of aliphatic imine (C=N–C) groups is 1. The largest absolute Gasteiger partial charge is 0.466 e. The highest BCUT2D eigenvalue weighted by Crippen LogP contribution is 2.46. The lowest BCUT2D eigenvalue weighted by Gasteiger charge is -2.26.